The average molecular weight is 462 g/mol. The van der Waals surface area contributed by atoms with E-state index in [1.165, 1.54) is 23.1 Å². The van der Waals surface area contributed by atoms with Gasteiger partial charge < -0.3 is 16.4 Å². The van der Waals surface area contributed by atoms with Crippen molar-refractivity contribution in [1.82, 2.24) is 4.90 Å². The first-order valence-corrected chi connectivity index (χ1v) is 12.9. The van der Waals surface area contributed by atoms with Gasteiger partial charge in [0.1, 0.15) is 0 Å². The third-order valence-electron chi connectivity index (χ3n) is 7.87. The van der Waals surface area contributed by atoms with Crippen LogP contribution in [0.1, 0.15) is 81.0 Å². The molecule has 2 fully saturated rings. The molecule has 5 nitrogen and oxygen atoms in total. The van der Waals surface area contributed by atoms with Crippen molar-refractivity contribution in [2.24, 2.45) is 23.3 Å². The van der Waals surface area contributed by atoms with E-state index >= 15 is 0 Å². The van der Waals surface area contributed by atoms with Gasteiger partial charge in [0.05, 0.1) is 11.6 Å². The molecule has 0 aromatic heterocycles. The smallest absolute Gasteiger partial charge is 0.237 e. The number of primary amides is 1. The molecule has 2 aromatic rings. The molecular formula is C29H39N3O2. The first kappa shape index (κ1) is 24.5. The van der Waals surface area contributed by atoms with Crippen LogP contribution >= 0.6 is 0 Å². The summed E-state index contributed by atoms with van der Waals surface area (Å²) in [7, 11) is 0. The van der Waals surface area contributed by atoms with E-state index < -0.39 is 11.4 Å². The molecular weight excluding hydrogens is 422 g/mol. The molecule has 5 heteroatoms. The van der Waals surface area contributed by atoms with Gasteiger partial charge in [0.25, 0.3) is 0 Å². The highest BCUT2D eigenvalue weighted by Gasteiger charge is 2.42. The molecule has 0 spiro atoms. The Bertz CT molecular complexity index is 982. The molecule has 2 amide bonds. The lowest BCUT2D eigenvalue weighted by molar-refractivity contribution is -0.140. The maximum absolute atomic E-state index is 14.0. The number of rotatable bonds is 8. The molecule has 4 N–H and O–H groups in total. The quantitative estimate of drug-likeness (QED) is 0.595. The van der Waals surface area contributed by atoms with E-state index in [2.05, 4.69) is 53.4 Å². The minimum absolute atomic E-state index is 0.0759. The molecule has 2 aromatic carbocycles. The van der Waals surface area contributed by atoms with Gasteiger partial charge in [0.2, 0.25) is 11.8 Å². The minimum Gasteiger partial charge on any atom is -0.368 e. The summed E-state index contributed by atoms with van der Waals surface area (Å²) in [6, 6.07) is 19.2. The number of nitrogens with two attached hydrogens (primary N) is 2. The largest absolute Gasteiger partial charge is 0.368 e. The zero-order valence-corrected chi connectivity index (χ0v) is 20.4. The second-order valence-electron chi connectivity index (χ2n) is 10.6. The molecule has 1 aliphatic heterocycles. The van der Waals surface area contributed by atoms with Gasteiger partial charge in [-0.2, -0.15) is 0 Å². The van der Waals surface area contributed by atoms with Crippen molar-refractivity contribution < 1.29 is 9.59 Å². The van der Waals surface area contributed by atoms with Crippen LogP contribution in [-0.2, 0) is 16.0 Å². The number of hydrogen-bond donors (Lipinski definition) is 2. The molecule has 1 heterocycles. The number of hydrogen-bond acceptors (Lipinski definition) is 3. The molecule has 34 heavy (non-hydrogen) atoms. The van der Waals surface area contributed by atoms with Crippen LogP contribution in [0.3, 0.4) is 0 Å². The van der Waals surface area contributed by atoms with Crippen molar-refractivity contribution in [2.75, 3.05) is 6.54 Å². The second kappa shape index (κ2) is 10.7. The van der Waals surface area contributed by atoms with E-state index in [0.717, 1.165) is 51.5 Å². The maximum Gasteiger partial charge on any atom is 0.237 e. The van der Waals surface area contributed by atoms with Gasteiger partial charge in [-0.05, 0) is 68.1 Å². The summed E-state index contributed by atoms with van der Waals surface area (Å²) in [5.41, 5.74) is 14.5. The third kappa shape index (κ3) is 5.69. The van der Waals surface area contributed by atoms with Crippen molar-refractivity contribution >= 4 is 11.8 Å². The fourth-order valence-electron chi connectivity index (χ4n) is 5.88. The van der Waals surface area contributed by atoms with Gasteiger partial charge in [-0.1, -0.05) is 73.9 Å². The fourth-order valence-corrected chi connectivity index (χ4v) is 5.88. The van der Waals surface area contributed by atoms with E-state index in [1.54, 1.807) is 6.92 Å². The number of benzene rings is 2. The predicted octanol–water partition coefficient (Wildman–Crippen LogP) is 4.73. The van der Waals surface area contributed by atoms with Crippen LogP contribution in [0.5, 0.6) is 0 Å². The SMILES string of the molecule is CC(N)(C[C@H](C(=O)N1CCC[C@H]1c1cccc(Cc2ccccc2)c1)C1CCCCC1)C(N)=O. The molecule has 0 radical (unpaired) electrons. The van der Waals surface area contributed by atoms with Crippen LogP contribution < -0.4 is 11.5 Å². The van der Waals surface area contributed by atoms with Crippen molar-refractivity contribution in [2.45, 2.75) is 76.3 Å². The normalized spacial score (nSPS) is 21.7. The summed E-state index contributed by atoms with van der Waals surface area (Å²) < 4.78 is 0. The summed E-state index contributed by atoms with van der Waals surface area (Å²) in [6.07, 6.45) is 8.70. The average Bonchev–Trinajstić information content (AvgIpc) is 3.33. The molecule has 1 unspecified atom stereocenters. The van der Waals surface area contributed by atoms with Crippen LogP contribution in [0.15, 0.2) is 54.6 Å². The Kier molecular flexibility index (Phi) is 7.72. The summed E-state index contributed by atoms with van der Waals surface area (Å²) in [6.45, 7) is 2.43. The Morgan fingerprint density at radius 1 is 0.971 bits per heavy atom. The monoisotopic (exact) mass is 461 g/mol. The van der Waals surface area contributed by atoms with Gasteiger partial charge >= 0.3 is 0 Å². The zero-order valence-electron chi connectivity index (χ0n) is 20.4. The van der Waals surface area contributed by atoms with E-state index in [-0.39, 0.29) is 23.8 Å². The van der Waals surface area contributed by atoms with Gasteiger partial charge in [0.15, 0.2) is 0 Å². The summed E-state index contributed by atoms with van der Waals surface area (Å²) in [5, 5.41) is 0. The highest BCUT2D eigenvalue weighted by molar-refractivity contribution is 5.86. The van der Waals surface area contributed by atoms with Crippen LogP contribution in [0.2, 0.25) is 0 Å². The second-order valence-corrected chi connectivity index (χ2v) is 10.6. The Morgan fingerprint density at radius 2 is 1.68 bits per heavy atom. The Hall–Kier alpha value is -2.66. The molecule has 4 rings (SSSR count). The highest BCUT2D eigenvalue weighted by Crippen LogP contribution is 2.39. The van der Waals surface area contributed by atoms with Gasteiger partial charge in [0, 0.05) is 12.5 Å². The van der Waals surface area contributed by atoms with Crippen molar-refractivity contribution in [3.63, 3.8) is 0 Å². The third-order valence-corrected chi connectivity index (χ3v) is 7.87. The summed E-state index contributed by atoms with van der Waals surface area (Å²) >= 11 is 0. The molecule has 2 aliphatic rings. The van der Waals surface area contributed by atoms with Crippen LogP contribution in [0.25, 0.3) is 0 Å². The lowest BCUT2D eigenvalue weighted by atomic mass is 9.74. The lowest BCUT2D eigenvalue weighted by Gasteiger charge is -2.37. The Labute approximate surface area is 203 Å². The lowest BCUT2D eigenvalue weighted by Crippen LogP contribution is -2.53. The van der Waals surface area contributed by atoms with Crippen LogP contribution in [-0.4, -0.2) is 28.8 Å². The molecule has 1 aliphatic carbocycles. The highest BCUT2D eigenvalue weighted by atomic mass is 16.2. The van der Waals surface area contributed by atoms with Gasteiger partial charge in [-0.15, -0.1) is 0 Å². The predicted molar refractivity (Wildman–Crippen MR) is 136 cm³/mol. The Balaban J connectivity index is 1.56. The zero-order chi connectivity index (χ0) is 24.1. The molecule has 182 valence electrons. The number of amides is 2. The first-order valence-electron chi connectivity index (χ1n) is 12.9. The molecule has 3 atom stereocenters. The van der Waals surface area contributed by atoms with E-state index in [0.29, 0.717) is 6.42 Å². The van der Waals surface area contributed by atoms with Crippen LogP contribution in [0, 0.1) is 11.8 Å². The first-order chi connectivity index (χ1) is 16.3. The van der Waals surface area contributed by atoms with Crippen molar-refractivity contribution in [1.29, 1.82) is 0 Å². The van der Waals surface area contributed by atoms with Gasteiger partial charge in [-0.3, -0.25) is 9.59 Å². The summed E-state index contributed by atoms with van der Waals surface area (Å²) in [5.74, 6) is -0.362. The fraction of sp³-hybridized carbons (Fsp3) is 0.517. The summed E-state index contributed by atoms with van der Waals surface area (Å²) in [4.78, 5) is 28.1. The molecule has 0 bridgehead atoms. The van der Waals surface area contributed by atoms with E-state index in [4.69, 9.17) is 11.5 Å². The van der Waals surface area contributed by atoms with E-state index in [1.807, 2.05) is 6.07 Å². The maximum atomic E-state index is 14.0. The molecule has 1 saturated heterocycles. The van der Waals surface area contributed by atoms with Crippen molar-refractivity contribution in [3.8, 4) is 0 Å². The van der Waals surface area contributed by atoms with Gasteiger partial charge in [-0.25, -0.2) is 0 Å². The van der Waals surface area contributed by atoms with Crippen LogP contribution in [0.4, 0.5) is 0 Å². The topological polar surface area (TPSA) is 89.4 Å². The number of likely N-dealkylation sites (tertiary alicyclic amines) is 1. The number of carbonyl (C=O) groups excluding carboxylic acids is 2. The van der Waals surface area contributed by atoms with Crippen molar-refractivity contribution in [3.05, 3.63) is 71.3 Å². The standard InChI is InChI=1S/C29H39N3O2/c1-29(31,28(30)34)20-25(23-13-6-3-7-14-23)27(33)32-17-9-16-26(32)24-15-8-12-22(19-24)18-21-10-4-2-5-11-21/h2,4-5,8,10-12,15,19,23,25-26H,3,6-7,9,13-14,16-18,20,31H2,1H3,(H2,30,34)/t25-,26-,29?/m0/s1. The Morgan fingerprint density at radius 3 is 2.38 bits per heavy atom. The number of carbonyl (C=O) groups is 2. The molecule has 1 saturated carbocycles. The van der Waals surface area contributed by atoms with E-state index in [9.17, 15) is 9.59 Å². The minimum atomic E-state index is -1.18. The number of nitrogens with zero attached hydrogens (tertiary/aromatic N) is 1.